The first-order valence-corrected chi connectivity index (χ1v) is 9.97. The molecule has 1 saturated heterocycles. The second-order valence-corrected chi connectivity index (χ2v) is 7.50. The van der Waals surface area contributed by atoms with Gasteiger partial charge in [0.15, 0.2) is 0 Å². The molecule has 0 bridgehead atoms. The molecule has 1 aliphatic heterocycles. The van der Waals surface area contributed by atoms with Crippen LogP contribution in [0.3, 0.4) is 0 Å². The molecule has 4 heteroatoms. The molecule has 0 saturated carbocycles. The number of carbonyl (C=O) groups is 1. The number of likely N-dealkylation sites (N-methyl/N-ethyl adjacent to an activating group) is 1. The number of rotatable bonds is 6. The van der Waals surface area contributed by atoms with Gasteiger partial charge < -0.3 is 10.2 Å². The molecule has 1 aliphatic rings. The number of nitrogens with one attached hydrogen (secondary N) is 1. The van der Waals surface area contributed by atoms with Crippen LogP contribution in [0.15, 0.2) is 48.5 Å². The average molecular weight is 366 g/mol. The molecule has 1 heterocycles. The fraction of sp³-hybridized carbons (Fsp3) is 0.435. The highest BCUT2D eigenvalue weighted by Gasteiger charge is 2.24. The van der Waals surface area contributed by atoms with Crippen molar-refractivity contribution in [3.8, 4) is 0 Å². The number of benzene rings is 2. The Hall–Kier alpha value is -2.33. The van der Waals surface area contributed by atoms with E-state index in [1.54, 1.807) is 0 Å². The zero-order valence-corrected chi connectivity index (χ0v) is 16.7. The Bertz CT molecular complexity index is 759. The van der Waals surface area contributed by atoms with Crippen LogP contribution in [0.1, 0.15) is 30.9 Å². The third kappa shape index (κ3) is 4.89. The van der Waals surface area contributed by atoms with Gasteiger partial charge in [-0.3, -0.25) is 9.69 Å². The molecule has 0 aromatic heterocycles. The molecule has 3 rings (SSSR count). The number of hydrogen-bond acceptors (Lipinski definition) is 3. The van der Waals surface area contributed by atoms with Gasteiger partial charge >= 0.3 is 0 Å². The highest BCUT2D eigenvalue weighted by atomic mass is 16.2. The maximum Gasteiger partial charge on any atom is 0.238 e. The normalized spacial score (nSPS) is 17.2. The summed E-state index contributed by atoms with van der Waals surface area (Å²) >= 11 is 0. The van der Waals surface area contributed by atoms with E-state index in [1.807, 2.05) is 0 Å². The molecular formula is C23H31N3O. The Balaban J connectivity index is 1.60. The molecule has 2 aromatic carbocycles. The monoisotopic (exact) mass is 365 g/mol. The average Bonchev–Trinajstić information content (AvgIpc) is 2.70. The van der Waals surface area contributed by atoms with Crippen molar-refractivity contribution in [2.75, 3.05) is 36.9 Å². The lowest BCUT2D eigenvalue weighted by Gasteiger charge is -2.38. The van der Waals surface area contributed by atoms with Crippen LogP contribution in [0.4, 0.5) is 11.4 Å². The van der Waals surface area contributed by atoms with Gasteiger partial charge in [0.2, 0.25) is 5.91 Å². The minimum absolute atomic E-state index is 0.0679. The lowest BCUT2D eigenvalue weighted by Crippen LogP contribution is -2.48. The van der Waals surface area contributed by atoms with Crippen molar-refractivity contribution in [1.82, 2.24) is 4.90 Å². The molecule has 1 fully saturated rings. The number of aryl methyl sites for hydroxylation is 2. The highest BCUT2D eigenvalue weighted by Crippen LogP contribution is 2.23. The molecule has 144 valence electrons. The summed E-state index contributed by atoms with van der Waals surface area (Å²) in [5.41, 5.74) is 4.57. The topological polar surface area (TPSA) is 35.6 Å². The van der Waals surface area contributed by atoms with Crippen molar-refractivity contribution in [3.63, 3.8) is 0 Å². The van der Waals surface area contributed by atoms with E-state index in [4.69, 9.17) is 0 Å². The van der Waals surface area contributed by atoms with E-state index in [-0.39, 0.29) is 5.91 Å². The molecule has 1 N–H and O–H groups in total. The molecule has 1 atom stereocenters. The van der Waals surface area contributed by atoms with E-state index in [9.17, 15) is 4.79 Å². The predicted molar refractivity (Wildman–Crippen MR) is 113 cm³/mol. The molecule has 2 aromatic rings. The van der Waals surface area contributed by atoms with Crippen LogP contribution in [0.25, 0.3) is 0 Å². The summed E-state index contributed by atoms with van der Waals surface area (Å²) in [4.78, 5) is 17.3. The number of hydrogen-bond donors (Lipinski definition) is 1. The first-order valence-electron chi connectivity index (χ1n) is 9.97. The molecule has 0 unspecified atom stereocenters. The molecule has 4 nitrogen and oxygen atoms in total. The van der Waals surface area contributed by atoms with E-state index in [0.717, 1.165) is 43.6 Å². The van der Waals surface area contributed by atoms with Gasteiger partial charge in [-0.05, 0) is 56.5 Å². The largest absolute Gasteiger partial charge is 0.370 e. The standard InChI is InChI=1S/C23H31N3O/c1-4-19-11-8-10-18(2)23(19)24-22(27)17-25(3)21-14-9-15-26(16-21)20-12-6-5-7-13-20/h5-8,10-13,21H,4,9,14-17H2,1-3H3,(H,24,27)/t21-/m0/s1. The summed E-state index contributed by atoms with van der Waals surface area (Å²) in [6, 6.07) is 17.1. The van der Waals surface area contributed by atoms with Crippen molar-refractivity contribution < 1.29 is 4.79 Å². The fourth-order valence-corrected chi connectivity index (χ4v) is 3.92. The summed E-state index contributed by atoms with van der Waals surface area (Å²) in [5.74, 6) is 0.0679. The van der Waals surface area contributed by atoms with Gasteiger partial charge in [-0.2, -0.15) is 0 Å². The van der Waals surface area contributed by atoms with Crippen LogP contribution >= 0.6 is 0 Å². The van der Waals surface area contributed by atoms with Gasteiger partial charge in [0, 0.05) is 30.5 Å². The highest BCUT2D eigenvalue weighted by molar-refractivity contribution is 5.93. The van der Waals surface area contributed by atoms with Crippen LogP contribution in [-0.2, 0) is 11.2 Å². The number of nitrogens with zero attached hydrogens (tertiary/aromatic N) is 2. The maximum absolute atomic E-state index is 12.7. The van der Waals surface area contributed by atoms with Crippen molar-refractivity contribution in [2.45, 2.75) is 39.2 Å². The lowest BCUT2D eigenvalue weighted by molar-refractivity contribution is -0.117. The molecule has 1 amide bonds. The van der Waals surface area contributed by atoms with Crippen LogP contribution in [0, 0.1) is 6.92 Å². The zero-order valence-electron chi connectivity index (χ0n) is 16.7. The Labute approximate surface area is 163 Å². The first kappa shape index (κ1) is 19.4. The van der Waals surface area contributed by atoms with Gasteiger partial charge in [-0.25, -0.2) is 0 Å². The predicted octanol–water partition coefficient (Wildman–Crippen LogP) is 4.10. The van der Waals surface area contributed by atoms with E-state index in [2.05, 4.69) is 84.5 Å². The quantitative estimate of drug-likeness (QED) is 0.837. The second-order valence-electron chi connectivity index (χ2n) is 7.50. The Morgan fingerprint density at radius 2 is 1.96 bits per heavy atom. The number of piperidine rings is 1. The van der Waals surface area contributed by atoms with Crippen molar-refractivity contribution >= 4 is 17.3 Å². The summed E-state index contributed by atoms with van der Waals surface area (Å²) in [6.07, 6.45) is 3.21. The van der Waals surface area contributed by atoms with E-state index < -0.39 is 0 Å². The maximum atomic E-state index is 12.7. The van der Waals surface area contributed by atoms with Gasteiger partial charge in [-0.15, -0.1) is 0 Å². The Morgan fingerprint density at radius 3 is 2.70 bits per heavy atom. The molecule has 0 spiro atoms. The third-order valence-corrected chi connectivity index (χ3v) is 5.54. The third-order valence-electron chi connectivity index (χ3n) is 5.54. The van der Waals surface area contributed by atoms with Gasteiger partial charge in [0.25, 0.3) is 0 Å². The number of carbonyl (C=O) groups excluding carboxylic acids is 1. The lowest BCUT2D eigenvalue weighted by atomic mass is 10.0. The van der Waals surface area contributed by atoms with Crippen molar-refractivity contribution in [1.29, 1.82) is 0 Å². The van der Waals surface area contributed by atoms with Crippen LogP contribution in [0.2, 0.25) is 0 Å². The number of para-hydroxylation sites is 2. The zero-order chi connectivity index (χ0) is 19.2. The minimum Gasteiger partial charge on any atom is -0.370 e. The first-order chi connectivity index (χ1) is 13.1. The summed E-state index contributed by atoms with van der Waals surface area (Å²) < 4.78 is 0. The smallest absolute Gasteiger partial charge is 0.238 e. The van der Waals surface area contributed by atoms with Crippen LogP contribution in [0.5, 0.6) is 0 Å². The SMILES string of the molecule is CCc1cccc(C)c1NC(=O)CN(C)[C@H]1CCCN(c2ccccc2)C1. The second kappa shape index (κ2) is 9.05. The van der Waals surface area contributed by atoms with Gasteiger partial charge in [0.1, 0.15) is 0 Å². The van der Waals surface area contributed by atoms with Crippen molar-refractivity contribution in [2.24, 2.45) is 0 Å². The Morgan fingerprint density at radius 1 is 1.19 bits per heavy atom. The van der Waals surface area contributed by atoms with Crippen LogP contribution < -0.4 is 10.2 Å². The number of anilines is 2. The van der Waals surface area contributed by atoms with Crippen molar-refractivity contribution in [3.05, 3.63) is 59.7 Å². The minimum atomic E-state index is 0.0679. The fourth-order valence-electron chi connectivity index (χ4n) is 3.92. The molecule has 0 aliphatic carbocycles. The van der Waals surface area contributed by atoms with Gasteiger partial charge in [0.05, 0.1) is 6.54 Å². The number of amides is 1. The molecule has 27 heavy (non-hydrogen) atoms. The van der Waals surface area contributed by atoms with E-state index in [0.29, 0.717) is 12.6 Å². The van der Waals surface area contributed by atoms with E-state index in [1.165, 1.54) is 11.3 Å². The summed E-state index contributed by atoms with van der Waals surface area (Å²) in [7, 11) is 2.07. The van der Waals surface area contributed by atoms with E-state index >= 15 is 0 Å². The van der Waals surface area contributed by atoms with Crippen LogP contribution in [-0.4, -0.2) is 43.5 Å². The molecule has 0 radical (unpaired) electrons. The molecular weight excluding hydrogens is 334 g/mol. The Kier molecular flexibility index (Phi) is 6.51. The summed E-state index contributed by atoms with van der Waals surface area (Å²) in [6.45, 7) is 6.65. The van der Waals surface area contributed by atoms with Gasteiger partial charge in [-0.1, -0.05) is 43.3 Å². The summed E-state index contributed by atoms with van der Waals surface area (Å²) in [5, 5.41) is 3.15.